The largest absolute Gasteiger partial charge is 0.506 e. The average Bonchev–Trinajstić information content (AvgIpc) is 2.81. The van der Waals surface area contributed by atoms with Crippen LogP contribution in [0.1, 0.15) is 25.6 Å². The Morgan fingerprint density at radius 3 is 3.11 bits per heavy atom. The van der Waals surface area contributed by atoms with E-state index in [1.54, 1.807) is 18.3 Å². The van der Waals surface area contributed by atoms with Gasteiger partial charge in [-0.25, -0.2) is 0 Å². The quantitative estimate of drug-likeness (QED) is 0.913. The summed E-state index contributed by atoms with van der Waals surface area (Å²) in [5.74, 6) is 1.85. The van der Waals surface area contributed by atoms with Crippen LogP contribution in [0, 0.1) is 5.92 Å². The predicted octanol–water partition coefficient (Wildman–Crippen LogP) is 1.71. The molecule has 2 aromatic rings. The van der Waals surface area contributed by atoms with Crippen molar-refractivity contribution in [1.29, 1.82) is 0 Å². The number of pyridine rings is 1. The Labute approximate surface area is 112 Å². The van der Waals surface area contributed by atoms with E-state index >= 15 is 0 Å². The Kier molecular flexibility index (Phi) is 3.38. The third kappa shape index (κ3) is 2.56. The number of aromatic hydroxyl groups is 1. The molecule has 0 bridgehead atoms. The maximum atomic E-state index is 9.57. The average molecular weight is 260 g/mol. The van der Waals surface area contributed by atoms with E-state index in [1.165, 1.54) is 19.4 Å². The highest BCUT2D eigenvalue weighted by Gasteiger charge is 2.21. The molecule has 0 aromatic carbocycles. The van der Waals surface area contributed by atoms with Gasteiger partial charge in [0.15, 0.2) is 5.65 Å². The van der Waals surface area contributed by atoms with Crippen LogP contribution in [0.5, 0.6) is 5.75 Å². The summed E-state index contributed by atoms with van der Waals surface area (Å²) in [6, 6.07) is 3.44. The summed E-state index contributed by atoms with van der Waals surface area (Å²) in [7, 11) is 0. The third-order valence-corrected chi connectivity index (χ3v) is 3.98. The SMILES string of the molecule is CCN1CCCC(Cc2nnc3ccc(O)cn23)C1. The second kappa shape index (κ2) is 5.17. The molecule has 19 heavy (non-hydrogen) atoms. The van der Waals surface area contributed by atoms with Crippen LogP contribution in [0.2, 0.25) is 0 Å². The summed E-state index contributed by atoms with van der Waals surface area (Å²) >= 11 is 0. The van der Waals surface area contributed by atoms with Crippen molar-refractivity contribution in [2.24, 2.45) is 5.92 Å². The molecule has 5 heteroatoms. The molecule has 0 aliphatic carbocycles. The third-order valence-electron chi connectivity index (χ3n) is 3.98. The molecule has 1 fully saturated rings. The maximum Gasteiger partial charge on any atom is 0.161 e. The van der Waals surface area contributed by atoms with Gasteiger partial charge in [0, 0.05) is 13.0 Å². The minimum absolute atomic E-state index is 0.257. The number of fused-ring (bicyclic) bond motifs is 1. The molecule has 1 unspecified atom stereocenters. The fourth-order valence-corrected chi connectivity index (χ4v) is 2.93. The molecule has 102 valence electrons. The van der Waals surface area contributed by atoms with Crippen LogP contribution in [0.3, 0.4) is 0 Å². The van der Waals surface area contributed by atoms with E-state index in [0.29, 0.717) is 5.92 Å². The molecule has 0 spiro atoms. The van der Waals surface area contributed by atoms with Crippen molar-refractivity contribution >= 4 is 5.65 Å². The lowest BCUT2D eigenvalue weighted by Crippen LogP contribution is -2.36. The van der Waals surface area contributed by atoms with E-state index in [2.05, 4.69) is 22.0 Å². The van der Waals surface area contributed by atoms with E-state index in [0.717, 1.165) is 31.0 Å². The van der Waals surface area contributed by atoms with Crippen LogP contribution in [0.4, 0.5) is 0 Å². The summed E-state index contributed by atoms with van der Waals surface area (Å²) in [5.41, 5.74) is 0.802. The van der Waals surface area contributed by atoms with Crippen LogP contribution >= 0.6 is 0 Å². The fraction of sp³-hybridized carbons (Fsp3) is 0.571. The van der Waals surface area contributed by atoms with Gasteiger partial charge < -0.3 is 10.0 Å². The van der Waals surface area contributed by atoms with Gasteiger partial charge >= 0.3 is 0 Å². The lowest BCUT2D eigenvalue weighted by Gasteiger charge is -2.31. The second-order valence-electron chi connectivity index (χ2n) is 5.34. The first kappa shape index (κ1) is 12.4. The van der Waals surface area contributed by atoms with Gasteiger partial charge in [0.25, 0.3) is 0 Å². The van der Waals surface area contributed by atoms with Crippen molar-refractivity contribution in [3.63, 3.8) is 0 Å². The van der Waals surface area contributed by atoms with Crippen molar-refractivity contribution in [3.05, 3.63) is 24.2 Å². The normalized spacial score (nSPS) is 21.0. The van der Waals surface area contributed by atoms with Gasteiger partial charge in [0.05, 0.1) is 6.20 Å². The lowest BCUT2D eigenvalue weighted by molar-refractivity contribution is 0.180. The smallest absolute Gasteiger partial charge is 0.161 e. The lowest BCUT2D eigenvalue weighted by atomic mass is 9.94. The van der Waals surface area contributed by atoms with Crippen molar-refractivity contribution < 1.29 is 5.11 Å². The highest BCUT2D eigenvalue weighted by Crippen LogP contribution is 2.21. The minimum atomic E-state index is 0.257. The molecular formula is C14H20N4O. The Bertz CT molecular complexity index is 566. The monoisotopic (exact) mass is 260 g/mol. The zero-order valence-electron chi connectivity index (χ0n) is 11.3. The summed E-state index contributed by atoms with van der Waals surface area (Å²) in [6.07, 6.45) is 5.15. The molecule has 3 rings (SSSR count). The zero-order chi connectivity index (χ0) is 13.2. The number of piperidine rings is 1. The van der Waals surface area contributed by atoms with E-state index in [9.17, 15) is 5.11 Å². The summed E-state index contributed by atoms with van der Waals surface area (Å²) in [4.78, 5) is 2.49. The van der Waals surface area contributed by atoms with Crippen LogP contribution in [-0.4, -0.2) is 44.2 Å². The second-order valence-corrected chi connectivity index (χ2v) is 5.34. The molecule has 1 aliphatic heterocycles. The molecule has 5 nitrogen and oxygen atoms in total. The Balaban J connectivity index is 1.79. The molecule has 2 aromatic heterocycles. The van der Waals surface area contributed by atoms with Gasteiger partial charge in [-0.05, 0) is 44.0 Å². The Morgan fingerprint density at radius 2 is 2.26 bits per heavy atom. The van der Waals surface area contributed by atoms with E-state index in [-0.39, 0.29) is 5.75 Å². The predicted molar refractivity (Wildman–Crippen MR) is 73.2 cm³/mol. The Hall–Kier alpha value is -1.62. The van der Waals surface area contributed by atoms with Gasteiger partial charge in [0.2, 0.25) is 0 Å². The highest BCUT2D eigenvalue weighted by molar-refractivity contribution is 5.41. The molecule has 0 radical (unpaired) electrons. The number of nitrogens with zero attached hydrogens (tertiary/aromatic N) is 4. The van der Waals surface area contributed by atoms with E-state index in [4.69, 9.17) is 0 Å². The van der Waals surface area contributed by atoms with Crippen LogP contribution in [-0.2, 0) is 6.42 Å². The van der Waals surface area contributed by atoms with Gasteiger partial charge in [0.1, 0.15) is 11.6 Å². The van der Waals surface area contributed by atoms with Gasteiger partial charge in [-0.3, -0.25) is 4.40 Å². The van der Waals surface area contributed by atoms with Crippen molar-refractivity contribution in [3.8, 4) is 5.75 Å². The summed E-state index contributed by atoms with van der Waals surface area (Å²) in [6.45, 7) is 5.70. The van der Waals surface area contributed by atoms with Crippen LogP contribution in [0.25, 0.3) is 5.65 Å². The van der Waals surface area contributed by atoms with Gasteiger partial charge in [-0.1, -0.05) is 6.92 Å². The summed E-state index contributed by atoms with van der Waals surface area (Å²) in [5, 5.41) is 18.0. The molecule has 1 aliphatic rings. The Morgan fingerprint density at radius 1 is 1.37 bits per heavy atom. The molecule has 0 saturated carbocycles. The highest BCUT2D eigenvalue weighted by atomic mass is 16.3. The number of aromatic nitrogens is 3. The maximum absolute atomic E-state index is 9.57. The van der Waals surface area contributed by atoms with E-state index in [1.807, 2.05) is 4.40 Å². The first-order valence-corrected chi connectivity index (χ1v) is 7.01. The first-order valence-electron chi connectivity index (χ1n) is 7.01. The first-order chi connectivity index (χ1) is 9.26. The number of rotatable bonds is 3. The van der Waals surface area contributed by atoms with E-state index < -0.39 is 0 Å². The molecule has 1 saturated heterocycles. The fourth-order valence-electron chi connectivity index (χ4n) is 2.93. The molecule has 1 N–H and O–H groups in total. The number of hydrogen-bond donors (Lipinski definition) is 1. The van der Waals surface area contributed by atoms with Gasteiger partial charge in [-0.2, -0.15) is 0 Å². The minimum Gasteiger partial charge on any atom is -0.506 e. The zero-order valence-corrected chi connectivity index (χ0v) is 11.3. The molecule has 3 heterocycles. The standard InChI is InChI=1S/C14H20N4O/c1-2-17-7-3-4-11(9-17)8-14-16-15-13-6-5-12(19)10-18(13)14/h5-6,10-11,19H,2-4,7-9H2,1H3. The van der Waals surface area contributed by atoms with Crippen molar-refractivity contribution in [1.82, 2.24) is 19.5 Å². The van der Waals surface area contributed by atoms with Crippen LogP contribution < -0.4 is 0 Å². The topological polar surface area (TPSA) is 53.7 Å². The molecule has 1 atom stereocenters. The molecular weight excluding hydrogens is 240 g/mol. The number of hydrogen-bond acceptors (Lipinski definition) is 4. The van der Waals surface area contributed by atoms with Crippen LogP contribution in [0.15, 0.2) is 18.3 Å². The number of likely N-dealkylation sites (tertiary alicyclic amines) is 1. The van der Waals surface area contributed by atoms with Crippen molar-refractivity contribution in [2.45, 2.75) is 26.2 Å². The van der Waals surface area contributed by atoms with Gasteiger partial charge in [-0.15, -0.1) is 10.2 Å². The summed E-state index contributed by atoms with van der Waals surface area (Å²) < 4.78 is 1.90. The molecule has 0 amide bonds. The van der Waals surface area contributed by atoms with Crippen molar-refractivity contribution in [2.75, 3.05) is 19.6 Å².